The lowest BCUT2D eigenvalue weighted by molar-refractivity contribution is 0.0488. The number of anilines is 1. The first-order valence-corrected chi connectivity index (χ1v) is 10.4. The van der Waals surface area contributed by atoms with Crippen molar-refractivity contribution in [2.75, 3.05) is 5.73 Å². The molecule has 0 radical (unpaired) electrons. The predicted octanol–water partition coefficient (Wildman–Crippen LogP) is 3.65. The number of carbonyl (C=O) groups is 2. The number of aromatic nitrogens is 2. The number of nitrogens with two attached hydrogens (primary N) is 1. The molecule has 33 heavy (non-hydrogen) atoms. The number of nitrogens with zero attached hydrogens (tertiary/aromatic N) is 3. The summed E-state index contributed by atoms with van der Waals surface area (Å²) < 4.78 is 11.8. The zero-order chi connectivity index (χ0) is 22.5. The maximum Gasteiger partial charge on any atom is 0.273 e. The Kier molecular flexibility index (Phi) is 4.26. The van der Waals surface area contributed by atoms with Gasteiger partial charge in [0.1, 0.15) is 12.0 Å². The molecule has 0 fully saturated rings. The number of rotatable bonds is 3. The van der Waals surface area contributed by atoms with Crippen molar-refractivity contribution in [1.29, 1.82) is 0 Å². The number of nitrogen functional groups attached to an aromatic ring is 1. The van der Waals surface area contributed by atoms with Crippen LogP contribution in [0, 0.1) is 0 Å². The van der Waals surface area contributed by atoms with Crippen molar-refractivity contribution in [3.63, 3.8) is 0 Å². The van der Waals surface area contributed by atoms with E-state index in [1.165, 1.54) is 0 Å². The van der Waals surface area contributed by atoms with Crippen molar-refractivity contribution in [3.05, 3.63) is 88.6 Å². The molecule has 162 valence electrons. The minimum absolute atomic E-state index is 0.0393. The molecule has 8 nitrogen and oxygen atoms in total. The summed E-state index contributed by atoms with van der Waals surface area (Å²) in [5.74, 6) is 0.863. The highest BCUT2D eigenvalue weighted by Crippen LogP contribution is 2.41. The second kappa shape index (κ2) is 7.30. The summed E-state index contributed by atoms with van der Waals surface area (Å²) in [5, 5.41) is 0.569. The first kappa shape index (κ1) is 19.2. The molecule has 6 rings (SSSR count). The van der Waals surface area contributed by atoms with Gasteiger partial charge in [-0.15, -0.1) is 0 Å². The molecule has 0 spiro atoms. The first-order chi connectivity index (χ1) is 16.1. The summed E-state index contributed by atoms with van der Waals surface area (Å²) in [4.78, 5) is 34.8. The number of amides is 1. The predicted molar refractivity (Wildman–Crippen MR) is 120 cm³/mol. The van der Waals surface area contributed by atoms with Crippen LogP contribution >= 0.6 is 0 Å². The van der Waals surface area contributed by atoms with E-state index < -0.39 is 6.29 Å². The molecule has 8 heteroatoms. The van der Waals surface area contributed by atoms with Crippen molar-refractivity contribution in [2.45, 2.75) is 19.4 Å². The van der Waals surface area contributed by atoms with Crippen molar-refractivity contribution in [3.8, 4) is 11.5 Å². The number of hydrogen-bond donors (Lipinski definition) is 1. The van der Waals surface area contributed by atoms with Gasteiger partial charge in [-0.1, -0.05) is 24.3 Å². The van der Waals surface area contributed by atoms with Gasteiger partial charge in [-0.2, -0.15) is 0 Å². The van der Waals surface area contributed by atoms with E-state index in [0.29, 0.717) is 46.6 Å². The van der Waals surface area contributed by atoms with Gasteiger partial charge in [-0.25, -0.2) is 9.97 Å². The van der Waals surface area contributed by atoms with E-state index in [1.807, 2.05) is 30.3 Å². The van der Waals surface area contributed by atoms with Crippen LogP contribution in [0.4, 0.5) is 5.95 Å². The molecule has 3 heterocycles. The molecule has 0 bridgehead atoms. The molecule has 1 atom stereocenters. The first-order valence-electron chi connectivity index (χ1n) is 10.4. The lowest BCUT2D eigenvalue weighted by atomic mass is 10.1. The van der Waals surface area contributed by atoms with Gasteiger partial charge in [-0.3, -0.25) is 9.59 Å². The van der Waals surface area contributed by atoms with Gasteiger partial charge in [-0.05, 0) is 47.5 Å². The molecule has 3 aromatic carbocycles. The zero-order valence-corrected chi connectivity index (χ0v) is 17.4. The van der Waals surface area contributed by atoms with Crippen LogP contribution in [-0.4, -0.2) is 27.1 Å². The number of carbonyl (C=O) groups excluding carboxylic acids is 2. The Bertz CT molecular complexity index is 1430. The second-order valence-electron chi connectivity index (χ2n) is 8.03. The largest absolute Gasteiger partial charge is 0.447 e. The average molecular weight is 438 g/mol. The standard InChI is InChI=1S/C25H18N4O4/c26-25-27-19-7-6-15(24-32-20-8-5-14(13-30)9-21(20)33-24)10-18(19)22(28-25)23(31)29-11-16-3-1-2-4-17(16)12-29/h1-10,13,24H,11-12H2,(H2,26,27,28). The van der Waals surface area contributed by atoms with Gasteiger partial charge >= 0.3 is 0 Å². The normalized spacial score (nSPS) is 16.1. The highest BCUT2D eigenvalue weighted by Gasteiger charge is 2.29. The molecule has 1 aromatic heterocycles. The van der Waals surface area contributed by atoms with Gasteiger partial charge in [0.15, 0.2) is 11.5 Å². The second-order valence-corrected chi connectivity index (χ2v) is 8.03. The molecule has 0 saturated carbocycles. The van der Waals surface area contributed by atoms with Gasteiger partial charge in [0.05, 0.1) is 5.52 Å². The molecule has 0 aliphatic carbocycles. The van der Waals surface area contributed by atoms with E-state index in [-0.39, 0.29) is 17.5 Å². The van der Waals surface area contributed by atoms with Crippen LogP contribution in [0.15, 0.2) is 60.7 Å². The summed E-state index contributed by atoms with van der Waals surface area (Å²) in [6, 6.07) is 18.4. The van der Waals surface area contributed by atoms with Crippen LogP contribution in [0.1, 0.15) is 43.8 Å². The Morgan fingerprint density at radius 1 is 0.970 bits per heavy atom. The molecule has 2 aliphatic rings. The van der Waals surface area contributed by atoms with E-state index in [4.69, 9.17) is 15.2 Å². The molecule has 1 amide bonds. The van der Waals surface area contributed by atoms with Crippen LogP contribution in [0.3, 0.4) is 0 Å². The van der Waals surface area contributed by atoms with Crippen LogP contribution < -0.4 is 15.2 Å². The maximum absolute atomic E-state index is 13.4. The summed E-state index contributed by atoms with van der Waals surface area (Å²) in [6.07, 6.45) is 0.0337. The van der Waals surface area contributed by atoms with Crippen molar-refractivity contribution in [1.82, 2.24) is 14.9 Å². The Labute approximate surface area is 188 Å². The third-order valence-corrected chi connectivity index (χ3v) is 5.91. The number of hydrogen-bond acceptors (Lipinski definition) is 7. The van der Waals surface area contributed by atoms with Gasteiger partial charge < -0.3 is 20.1 Å². The molecule has 2 aliphatic heterocycles. The van der Waals surface area contributed by atoms with Crippen LogP contribution in [-0.2, 0) is 13.1 Å². The monoisotopic (exact) mass is 438 g/mol. The van der Waals surface area contributed by atoms with Gasteiger partial charge in [0.25, 0.3) is 12.2 Å². The van der Waals surface area contributed by atoms with E-state index in [2.05, 4.69) is 9.97 Å². The number of fused-ring (bicyclic) bond motifs is 3. The van der Waals surface area contributed by atoms with Gasteiger partial charge in [0.2, 0.25) is 5.95 Å². The third kappa shape index (κ3) is 3.23. The van der Waals surface area contributed by atoms with E-state index in [1.54, 1.807) is 35.2 Å². The fraction of sp³-hybridized carbons (Fsp3) is 0.120. The van der Waals surface area contributed by atoms with E-state index >= 15 is 0 Å². The molecule has 0 saturated heterocycles. The smallest absolute Gasteiger partial charge is 0.273 e. The Morgan fingerprint density at radius 3 is 2.48 bits per heavy atom. The minimum Gasteiger partial charge on any atom is -0.447 e. The summed E-state index contributed by atoms with van der Waals surface area (Å²) in [7, 11) is 0. The Hall–Kier alpha value is -4.46. The lowest BCUT2D eigenvalue weighted by Crippen LogP contribution is -2.27. The number of benzene rings is 3. The molecule has 4 aromatic rings. The molecular weight excluding hydrogens is 420 g/mol. The maximum atomic E-state index is 13.4. The van der Waals surface area contributed by atoms with Crippen molar-refractivity contribution >= 4 is 29.0 Å². The molecule has 1 unspecified atom stereocenters. The topological polar surface area (TPSA) is 108 Å². The van der Waals surface area contributed by atoms with Crippen LogP contribution in [0.25, 0.3) is 10.9 Å². The third-order valence-electron chi connectivity index (χ3n) is 5.91. The Balaban J connectivity index is 1.36. The zero-order valence-electron chi connectivity index (χ0n) is 17.4. The average Bonchev–Trinajstić information content (AvgIpc) is 3.46. The highest BCUT2D eigenvalue weighted by molar-refractivity contribution is 6.05. The summed E-state index contributed by atoms with van der Waals surface area (Å²) >= 11 is 0. The van der Waals surface area contributed by atoms with E-state index in [0.717, 1.165) is 17.4 Å². The molecule has 2 N–H and O–H groups in total. The molecular formula is C25H18N4O4. The summed E-state index contributed by atoms with van der Waals surface area (Å²) in [5.41, 5.74) is 10.2. The van der Waals surface area contributed by atoms with Crippen molar-refractivity contribution < 1.29 is 19.1 Å². The fourth-order valence-electron chi connectivity index (χ4n) is 4.28. The van der Waals surface area contributed by atoms with Gasteiger partial charge in [0, 0.05) is 29.6 Å². The summed E-state index contributed by atoms with van der Waals surface area (Å²) in [6.45, 7) is 1.03. The number of aldehydes is 1. The van der Waals surface area contributed by atoms with E-state index in [9.17, 15) is 9.59 Å². The quantitative estimate of drug-likeness (QED) is 0.487. The number of ether oxygens (including phenoxy) is 2. The Morgan fingerprint density at radius 2 is 1.73 bits per heavy atom. The minimum atomic E-state index is -0.720. The highest BCUT2D eigenvalue weighted by atomic mass is 16.7. The van der Waals surface area contributed by atoms with Crippen LogP contribution in [0.5, 0.6) is 11.5 Å². The fourth-order valence-corrected chi connectivity index (χ4v) is 4.28. The lowest BCUT2D eigenvalue weighted by Gasteiger charge is -2.17. The SMILES string of the molecule is Nc1nc(C(=O)N2Cc3ccccc3C2)c2cc(C3Oc4ccc(C=O)cc4O3)ccc2n1. The van der Waals surface area contributed by atoms with Crippen molar-refractivity contribution in [2.24, 2.45) is 0 Å². The van der Waals surface area contributed by atoms with Crippen LogP contribution in [0.2, 0.25) is 0 Å².